The van der Waals surface area contributed by atoms with E-state index in [-0.39, 0.29) is 5.91 Å². The van der Waals surface area contributed by atoms with Gasteiger partial charge in [0.15, 0.2) is 0 Å². The van der Waals surface area contributed by atoms with E-state index < -0.39 is 0 Å². The van der Waals surface area contributed by atoms with Gasteiger partial charge in [0.1, 0.15) is 0 Å². The summed E-state index contributed by atoms with van der Waals surface area (Å²) in [4.78, 5) is 13.5. The van der Waals surface area contributed by atoms with Crippen LogP contribution >= 0.6 is 11.3 Å². The van der Waals surface area contributed by atoms with Crippen molar-refractivity contribution in [1.82, 2.24) is 15.1 Å². The van der Waals surface area contributed by atoms with Crippen LogP contribution in [-0.4, -0.2) is 41.1 Å². The number of rotatable bonds is 6. The summed E-state index contributed by atoms with van der Waals surface area (Å²) in [6.07, 6.45) is 1.97. The van der Waals surface area contributed by atoms with Crippen LogP contribution in [0.25, 0.3) is 0 Å². The average molecular weight is 242 g/mol. The van der Waals surface area contributed by atoms with E-state index >= 15 is 0 Å². The lowest BCUT2D eigenvalue weighted by molar-refractivity contribution is 0.0794. The second kappa shape index (κ2) is 6.42. The first-order valence-corrected chi connectivity index (χ1v) is 6.33. The Morgan fingerprint density at radius 1 is 1.38 bits per heavy atom. The normalized spacial score (nSPS) is 10.2. The van der Waals surface area contributed by atoms with Crippen molar-refractivity contribution >= 4 is 22.4 Å². The monoisotopic (exact) mass is 242 g/mol. The van der Waals surface area contributed by atoms with Crippen molar-refractivity contribution in [3.05, 3.63) is 5.01 Å². The van der Waals surface area contributed by atoms with Gasteiger partial charge in [-0.05, 0) is 12.8 Å². The maximum Gasteiger partial charge on any atom is 0.284 e. The van der Waals surface area contributed by atoms with E-state index in [1.54, 1.807) is 11.9 Å². The van der Waals surface area contributed by atoms with Crippen molar-refractivity contribution in [3.8, 4) is 0 Å². The predicted octanol–water partition coefficient (Wildman–Crippen LogP) is 1.84. The topological polar surface area (TPSA) is 58.1 Å². The van der Waals surface area contributed by atoms with E-state index in [1.165, 1.54) is 11.3 Å². The Labute approximate surface area is 99.9 Å². The molecule has 1 amide bonds. The molecule has 0 spiro atoms. The summed E-state index contributed by atoms with van der Waals surface area (Å²) < 4.78 is 0. The number of aromatic nitrogens is 2. The quantitative estimate of drug-likeness (QED) is 0.827. The number of carbonyl (C=O) groups excluding carboxylic acids is 1. The zero-order valence-corrected chi connectivity index (χ0v) is 10.8. The number of hydrogen-bond donors (Lipinski definition) is 1. The van der Waals surface area contributed by atoms with Crippen molar-refractivity contribution in [3.63, 3.8) is 0 Å². The third-order valence-electron chi connectivity index (χ3n) is 2.04. The van der Waals surface area contributed by atoms with E-state index in [9.17, 15) is 4.79 Å². The molecule has 0 aliphatic rings. The highest BCUT2D eigenvalue weighted by molar-refractivity contribution is 7.17. The molecule has 16 heavy (non-hydrogen) atoms. The molecule has 1 heterocycles. The minimum Gasteiger partial charge on any atom is -0.360 e. The first kappa shape index (κ1) is 12.9. The summed E-state index contributed by atoms with van der Waals surface area (Å²) in [5, 5.41) is 12.1. The maximum atomic E-state index is 11.8. The van der Waals surface area contributed by atoms with E-state index in [0.29, 0.717) is 5.01 Å². The molecule has 90 valence electrons. The highest BCUT2D eigenvalue weighted by Gasteiger charge is 2.16. The van der Waals surface area contributed by atoms with Gasteiger partial charge in [-0.3, -0.25) is 4.79 Å². The first-order chi connectivity index (χ1) is 7.69. The lowest BCUT2D eigenvalue weighted by atomic mass is 10.4. The van der Waals surface area contributed by atoms with E-state index in [0.717, 1.165) is 31.1 Å². The summed E-state index contributed by atoms with van der Waals surface area (Å²) >= 11 is 1.31. The van der Waals surface area contributed by atoms with Gasteiger partial charge >= 0.3 is 0 Å². The number of nitrogens with one attached hydrogen (secondary N) is 1. The fourth-order valence-corrected chi connectivity index (χ4v) is 1.98. The molecular formula is C10H18N4OS. The highest BCUT2D eigenvalue weighted by atomic mass is 32.1. The van der Waals surface area contributed by atoms with Crippen LogP contribution in [0.5, 0.6) is 0 Å². The SMILES string of the molecule is CCCNc1nnc(C(=O)N(C)CCC)s1. The smallest absolute Gasteiger partial charge is 0.284 e. The predicted molar refractivity (Wildman–Crippen MR) is 65.9 cm³/mol. The molecule has 6 heteroatoms. The molecule has 0 fully saturated rings. The molecule has 0 saturated heterocycles. The number of carbonyl (C=O) groups is 1. The molecule has 0 aliphatic carbocycles. The fourth-order valence-electron chi connectivity index (χ4n) is 1.21. The van der Waals surface area contributed by atoms with Crippen LogP contribution in [0.3, 0.4) is 0 Å². The standard InChI is InChI=1S/C10H18N4OS/c1-4-6-11-10-13-12-8(16-10)9(15)14(3)7-5-2/h4-7H2,1-3H3,(H,11,13). The molecule has 0 aromatic carbocycles. The molecule has 1 aromatic heterocycles. The lowest BCUT2D eigenvalue weighted by Gasteiger charge is -2.13. The Morgan fingerprint density at radius 3 is 2.75 bits per heavy atom. The van der Waals surface area contributed by atoms with Crippen molar-refractivity contribution in [2.75, 3.05) is 25.5 Å². The van der Waals surface area contributed by atoms with Crippen LogP contribution in [0, 0.1) is 0 Å². The minimum absolute atomic E-state index is 0.0519. The first-order valence-electron chi connectivity index (χ1n) is 5.51. The van der Waals surface area contributed by atoms with Gasteiger partial charge in [-0.15, -0.1) is 10.2 Å². The summed E-state index contributed by atoms with van der Waals surface area (Å²) in [6, 6.07) is 0. The molecule has 1 aromatic rings. The Bertz CT molecular complexity index is 339. The Kier molecular flexibility index (Phi) is 5.18. The summed E-state index contributed by atoms with van der Waals surface area (Å²) in [5.74, 6) is -0.0519. The van der Waals surface area contributed by atoms with E-state index in [2.05, 4.69) is 22.4 Å². The number of anilines is 1. The van der Waals surface area contributed by atoms with Crippen molar-refractivity contribution < 1.29 is 4.79 Å². The van der Waals surface area contributed by atoms with Gasteiger partial charge < -0.3 is 10.2 Å². The van der Waals surface area contributed by atoms with Crippen LogP contribution in [-0.2, 0) is 0 Å². The molecule has 0 radical (unpaired) electrons. The van der Waals surface area contributed by atoms with Gasteiger partial charge in [0, 0.05) is 20.1 Å². The van der Waals surface area contributed by atoms with E-state index in [1.807, 2.05) is 6.92 Å². The number of hydrogen-bond acceptors (Lipinski definition) is 5. The molecule has 0 unspecified atom stereocenters. The van der Waals surface area contributed by atoms with Gasteiger partial charge in [0.25, 0.3) is 5.91 Å². The summed E-state index contributed by atoms with van der Waals surface area (Å²) in [5.41, 5.74) is 0. The van der Waals surface area contributed by atoms with Crippen LogP contribution in [0.1, 0.15) is 36.5 Å². The van der Waals surface area contributed by atoms with Gasteiger partial charge in [-0.25, -0.2) is 0 Å². The van der Waals surface area contributed by atoms with Crippen molar-refractivity contribution in [2.24, 2.45) is 0 Å². The van der Waals surface area contributed by atoms with Crippen LogP contribution < -0.4 is 5.32 Å². The molecule has 0 saturated carbocycles. The highest BCUT2D eigenvalue weighted by Crippen LogP contribution is 2.16. The van der Waals surface area contributed by atoms with Gasteiger partial charge in [-0.2, -0.15) is 0 Å². The average Bonchev–Trinajstić information content (AvgIpc) is 2.74. The molecule has 0 bridgehead atoms. The Morgan fingerprint density at radius 2 is 2.12 bits per heavy atom. The van der Waals surface area contributed by atoms with Gasteiger partial charge in [0.05, 0.1) is 0 Å². The van der Waals surface area contributed by atoms with Crippen LogP contribution in [0.15, 0.2) is 0 Å². The molecule has 5 nitrogen and oxygen atoms in total. The minimum atomic E-state index is -0.0519. The van der Waals surface area contributed by atoms with Crippen LogP contribution in [0.2, 0.25) is 0 Å². The van der Waals surface area contributed by atoms with Gasteiger partial charge in [-0.1, -0.05) is 25.2 Å². The third kappa shape index (κ3) is 3.44. The second-order valence-corrected chi connectivity index (χ2v) is 4.54. The molecule has 1 N–H and O–H groups in total. The maximum absolute atomic E-state index is 11.8. The zero-order chi connectivity index (χ0) is 12.0. The molecular weight excluding hydrogens is 224 g/mol. The molecule has 0 aliphatic heterocycles. The summed E-state index contributed by atoms with van der Waals surface area (Å²) in [6.45, 7) is 5.72. The zero-order valence-electron chi connectivity index (χ0n) is 9.99. The Hall–Kier alpha value is -1.17. The molecule has 0 atom stereocenters. The largest absolute Gasteiger partial charge is 0.360 e. The van der Waals surface area contributed by atoms with E-state index in [4.69, 9.17) is 0 Å². The second-order valence-electron chi connectivity index (χ2n) is 3.57. The third-order valence-corrected chi connectivity index (χ3v) is 2.91. The van der Waals surface area contributed by atoms with Crippen molar-refractivity contribution in [1.29, 1.82) is 0 Å². The number of nitrogens with zero attached hydrogens (tertiary/aromatic N) is 3. The fraction of sp³-hybridized carbons (Fsp3) is 0.700. The van der Waals surface area contributed by atoms with Crippen molar-refractivity contribution in [2.45, 2.75) is 26.7 Å². The molecule has 1 rings (SSSR count). The lowest BCUT2D eigenvalue weighted by Crippen LogP contribution is -2.27. The number of amides is 1. The van der Waals surface area contributed by atoms with Gasteiger partial charge in [0.2, 0.25) is 10.1 Å². The Balaban J connectivity index is 2.59. The summed E-state index contributed by atoms with van der Waals surface area (Å²) in [7, 11) is 1.78. The van der Waals surface area contributed by atoms with Crippen LogP contribution in [0.4, 0.5) is 5.13 Å².